The van der Waals surface area contributed by atoms with E-state index in [1.165, 1.54) is 18.4 Å². The Labute approximate surface area is 126 Å². The number of hydrogen-bond acceptors (Lipinski definition) is 3. The summed E-state index contributed by atoms with van der Waals surface area (Å²) in [6.45, 7) is 3.81. The first-order valence-electron chi connectivity index (χ1n) is 7.60. The molecule has 21 heavy (non-hydrogen) atoms. The van der Waals surface area contributed by atoms with Gasteiger partial charge in [0.1, 0.15) is 5.75 Å². The molecule has 0 spiro atoms. The maximum atomic E-state index is 12.1. The van der Waals surface area contributed by atoms with Crippen molar-refractivity contribution in [3.8, 4) is 5.75 Å². The molecule has 4 heteroatoms. The molecule has 4 nitrogen and oxygen atoms in total. The van der Waals surface area contributed by atoms with Crippen LogP contribution >= 0.6 is 0 Å². The van der Waals surface area contributed by atoms with Gasteiger partial charge in [0.05, 0.1) is 13.7 Å². The predicted octanol–water partition coefficient (Wildman–Crippen LogP) is 2.38. The van der Waals surface area contributed by atoms with Gasteiger partial charge in [0.15, 0.2) is 0 Å². The van der Waals surface area contributed by atoms with Gasteiger partial charge in [0, 0.05) is 12.5 Å². The number of rotatable bonds is 7. The van der Waals surface area contributed by atoms with Crippen molar-refractivity contribution < 1.29 is 14.6 Å². The van der Waals surface area contributed by atoms with Crippen LogP contribution in [0.3, 0.4) is 0 Å². The minimum atomic E-state index is -0.185. The smallest absolute Gasteiger partial charge is 0.220 e. The zero-order valence-electron chi connectivity index (χ0n) is 13.1. The number of amides is 1. The molecule has 0 aromatic heterocycles. The number of methoxy groups -OCH3 is 1. The maximum absolute atomic E-state index is 12.1. The van der Waals surface area contributed by atoms with Crippen molar-refractivity contribution in [2.75, 3.05) is 13.7 Å². The van der Waals surface area contributed by atoms with Gasteiger partial charge in [-0.1, -0.05) is 12.1 Å². The lowest BCUT2D eigenvalue weighted by Crippen LogP contribution is -2.35. The number of aliphatic hydroxyl groups excluding tert-OH is 1. The van der Waals surface area contributed by atoms with Gasteiger partial charge in [-0.05, 0) is 55.7 Å². The van der Waals surface area contributed by atoms with Gasteiger partial charge in [-0.2, -0.15) is 0 Å². The van der Waals surface area contributed by atoms with Gasteiger partial charge < -0.3 is 15.2 Å². The van der Waals surface area contributed by atoms with Crippen molar-refractivity contribution >= 4 is 5.91 Å². The fraction of sp³-hybridized carbons (Fsp3) is 0.588. The Balaban J connectivity index is 2.08. The number of nitrogens with one attached hydrogen (secondary N) is 1. The van der Waals surface area contributed by atoms with E-state index in [0.717, 1.165) is 11.3 Å². The summed E-state index contributed by atoms with van der Waals surface area (Å²) in [5.74, 6) is 1.77. The van der Waals surface area contributed by atoms with Crippen LogP contribution in [0.4, 0.5) is 0 Å². The molecule has 1 fully saturated rings. The van der Waals surface area contributed by atoms with Crippen molar-refractivity contribution in [3.63, 3.8) is 0 Å². The van der Waals surface area contributed by atoms with Crippen LogP contribution in [0.2, 0.25) is 0 Å². The number of carbonyl (C=O) groups excluding carboxylic acids is 1. The van der Waals surface area contributed by atoms with Gasteiger partial charge >= 0.3 is 0 Å². The fourth-order valence-corrected chi connectivity index (χ4v) is 2.77. The second-order valence-electron chi connectivity index (χ2n) is 6.03. The first-order valence-corrected chi connectivity index (χ1v) is 7.60. The standard InChI is InChI=1S/C17H25NO3/c1-11-8-14(6-7-16(11)21-3)15(13-4-5-13)9-17(20)18-12(2)10-19/h6-8,12-13,15,19H,4-5,9-10H2,1-3H3,(H,18,20)/t12-,15?/m0/s1. The Bertz CT molecular complexity index is 497. The molecular formula is C17H25NO3. The first-order chi connectivity index (χ1) is 10.0. The molecule has 2 N–H and O–H groups in total. The minimum Gasteiger partial charge on any atom is -0.496 e. The summed E-state index contributed by atoms with van der Waals surface area (Å²) in [5, 5.41) is 11.9. The van der Waals surface area contributed by atoms with E-state index < -0.39 is 0 Å². The van der Waals surface area contributed by atoms with Gasteiger partial charge in [-0.3, -0.25) is 4.79 Å². The molecule has 0 bridgehead atoms. The molecule has 2 atom stereocenters. The SMILES string of the molecule is COc1ccc(C(CC(=O)N[C@@H](C)CO)C2CC2)cc1C. The highest BCUT2D eigenvalue weighted by Crippen LogP contribution is 2.45. The van der Waals surface area contributed by atoms with Gasteiger partial charge in [-0.15, -0.1) is 0 Å². The lowest BCUT2D eigenvalue weighted by molar-refractivity contribution is -0.122. The number of ether oxygens (including phenoxy) is 1. The number of aliphatic hydroxyl groups is 1. The Morgan fingerprint density at radius 2 is 2.19 bits per heavy atom. The van der Waals surface area contributed by atoms with E-state index in [-0.39, 0.29) is 24.5 Å². The summed E-state index contributed by atoms with van der Waals surface area (Å²) < 4.78 is 5.30. The third-order valence-corrected chi connectivity index (χ3v) is 4.12. The summed E-state index contributed by atoms with van der Waals surface area (Å²) in [7, 11) is 1.67. The Kier molecular flexibility index (Phi) is 5.23. The number of hydrogen-bond donors (Lipinski definition) is 2. The van der Waals surface area contributed by atoms with E-state index in [1.807, 2.05) is 19.9 Å². The molecule has 0 radical (unpaired) electrons. The van der Waals surface area contributed by atoms with E-state index in [9.17, 15) is 4.79 Å². The minimum absolute atomic E-state index is 0.0157. The van der Waals surface area contributed by atoms with Crippen molar-refractivity contribution in [1.82, 2.24) is 5.32 Å². The number of benzene rings is 1. The molecule has 1 amide bonds. The molecule has 0 heterocycles. The Hall–Kier alpha value is -1.55. The maximum Gasteiger partial charge on any atom is 0.220 e. The third-order valence-electron chi connectivity index (χ3n) is 4.12. The topological polar surface area (TPSA) is 58.6 Å². The molecule has 0 saturated heterocycles. The summed E-state index contributed by atoms with van der Waals surface area (Å²) in [6, 6.07) is 5.99. The second kappa shape index (κ2) is 6.94. The van der Waals surface area contributed by atoms with Crippen LogP contribution in [0.1, 0.15) is 43.2 Å². The van der Waals surface area contributed by atoms with E-state index in [1.54, 1.807) is 7.11 Å². The number of carbonyl (C=O) groups is 1. The van der Waals surface area contributed by atoms with E-state index in [0.29, 0.717) is 12.3 Å². The molecular weight excluding hydrogens is 266 g/mol. The van der Waals surface area contributed by atoms with E-state index >= 15 is 0 Å². The van der Waals surface area contributed by atoms with Crippen LogP contribution in [0.5, 0.6) is 5.75 Å². The zero-order valence-corrected chi connectivity index (χ0v) is 13.1. The second-order valence-corrected chi connectivity index (χ2v) is 6.03. The van der Waals surface area contributed by atoms with Crippen LogP contribution < -0.4 is 10.1 Å². The molecule has 116 valence electrons. The quantitative estimate of drug-likeness (QED) is 0.811. The van der Waals surface area contributed by atoms with E-state index in [4.69, 9.17) is 9.84 Å². The highest BCUT2D eigenvalue weighted by Gasteiger charge is 2.34. The lowest BCUT2D eigenvalue weighted by atomic mass is 9.89. The van der Waals surface area contributed by atoms with Crippen LogP contribution in [0.15, 0.2) is 18.2 Å². The normalized spacial score (nSPS) is 17.1. The van der Waals surface area contributed by atoms with Crippen LogP contribution in [-0.2, 0) is 4.79 Å². The van der Waals surface area contributed by atoms with Crippen LogP contribution in [-0.4, -0.2) is 30.8 Å². The average molecular weight is 291 g/mol. The summed E-state index contributed by atoms with van der Waals surface area (Å²) in [5.41, 5.74) is 2.31. The van der Waals surface area contributed by atoms with Crippen molar-refractivity contribution in [2.24, 2.45) is 5.92 Å². The van der Waals surface area contributed by atoms with Crippen LogP contribution in [0, 0.1) is 12.8 Å². The molecule has 1 unspecified atom stereocenters. The lowest BCUT2D eigenvalue weighted by Gasteiger charge is -2.19. The first kappa shape index (κ1) is 15.8. The van der Waals surface area contributed by atoms with Crippen molar-refractivity contribution in [3.05, 3.63) is 29.3 Å². The monoisotopic (exact) mass is 291 g/mol. The summed E-state index contributed by atoms with van der Waals surface area (Å²) >= 11 is 0. The molecule has 1 saturated carbocycles. The molecule has 1 aromatic rings. The van der Waals surface area contributed by atoms with Crippen LogP contribution in [0.25, 0.3) is 0 Å². The number of aryl methyl sites for hydroxylation is 1. The summed E-state index contributed by atoms with van der Waals surface area (Å²) in [4.78, 5) is 12.1. The predicted molar refractivity (Wildman–Crippen MR) is 82.5 cm³/mol. The van der Waals surface area contributed by atoms with Gasteiger partial charge in [0.2, 0.25) is 5.91 Å². The Morgan fingerprint density at radius 1 is 1.48 bits per heavy atom. The molecule has 1 aliphatic carbocycles. The highest BCUT2D eigenvalue weighted by molar-refractivity contribution is 5.77. The van der Waals surface area contributed by atoms with Crippen molar-refractivity contribution in [1.29, 1.82) is 0 Å². The summed E-state index contributed by atoms with van der Waals surface area (Å²) in [6.07, 6.45) is 2.87. The van der Waals surface area contributed by atoms with Gasteiger partial charge in [-0.25, -0.2) is 0 Å². The molecule has 0 aliphatic heterocycles. The van der Waals surface area contributed by atoms with E-state index in [2.05, 4.69) is 17.4 Å². The highest BCUT2D eigenvalue weighted by atomic mass is 16.5. The Morgan fingerprint density at radius 3 is 2.71 bits per heavy atom. The molecule has 1 aliphatic rings. The zero-order chi connectivity index (χ0) is 15.4. The average Bonchev–Trinajstić information content (AvgIpc) is 3.29. The fourth-order valence-electron chi connectivity index (χ4n) is 2.77. The third kappa shape index (κ3) is 4.21. The largest absolute Gasteiger partial charge is 0.496 e. The molecule has 1 aromatic carbocycles. The van der Waals surface area contributed by atoms with Crippen molar-refractivity contribution in [2.45, 2.75) is 45.1 Å². The van der Waals surface area contributed by atoms with Gasteiger partial charge in [0.25, 0.3) is 0 Å². The molecule has 2 rings (SSSR count).